The number of fused-ring (bicyclic) bond motifs is 2. The van der Waals surface area contributed by atoms with E-state index in [-0.39, 0.29) is 38.0 Å². The molecule has 3 aliphatic rings. The third kappa shape index (κ3) is 4.81. The highest BCUT2D eigenvalue weighted by Gasteiger charge is 2.46. The van der Waals surface area contributed by atoms with E-state index in [2.05, 4.69) is 15.6 Å². The zero-order valence-electron chi connectivity index (χ0n) is 19.8. The van der Waals surface area contributed by atoms with E-state index in [0.29, 0.717) is 31.2 Å². The Balaban J connectivity index is 1.67. The Morgan fingerprint density at radius 1 is 1.22 bits per heavy atom. The number of aromatic nitrogens is 2. The molecule has 1 aromatic heterocycles. The Morgan fingerprint density at radius 2 is 1.89 bits per heavy atom. The third-order valence-corrected chi connectivity index (χ3v) is 6.88. The average Bonchev–Trinajstić information content (AvgIpc) is 3.11. The topological polar surface area (TPSA) is 154 Å². The number of carbonyl (C=O) groups is 3. The summed E-state index contributed by atoms with van der Waals surface area (Å²) in [6, 6.07) is 5.47. The van der Waals surface area contributed by atoms with Crippen LogP contribution in [-0.2, 0) is 28.2 Å². The Morgan fingerprint density at radius 3 is 2.53 bits per heavy atom. The van der Waals surface area contributed by atoms with Crippen molar-refractivity contribution in [1.29, 1.82) is 0 Å². The van der Waals surface area contributed by atoms with Crippen molar-refractivity contribution in [1.82, 2.24) is 25.1 Å². The van der Waals surface area contributed by atoms with E-state index >= 15 is 0 Å². The maximum absolute atomic E-state index is 13.1. The number of amides is 3. The van der Waals surface area contributed by atoms with Crippen LogP contribution in [0, 0.1) is 11.7 Å². The van der Waals surface area contributed by atoms with Gasteiger partial charge in [-0.15, -0.1) is 0 Å². The van der Waals surface area contributed by atoms with Gasteiger partial charge in [-0.25, -0.2) is 9.37 Å². The average molecular weight is 502 g/mol. The van der Waals surface area contributed by atoms with Crippen molar-refractivity contribution in [2.75, 3.05) is 20.2 Å². The molecule has 5 rings (SSSR count). The lowest BCUT2D eigenvalue weighted by molar-refractivity contribution is -0.146. The van der Waals surface area contributed by atoms with Crippen LogP contribution < -0.4 is 16.2 Å². The number of halogens is 1. The van der Waals surface area contributed by atoms with E-state index in [1.165, 1.54) is 35.9 Å². The van der Waals surface area contributed by atoms with Gasteiger partial charge in [-0.2, -0.15) is 0 Å². The quantitative estimate of drug-likeness (QED) is 0.406. The summed E-state index contributed by atoms with van der Waals surface area (Å²) < 4.78 is 14.4. The van der Waals surface area contributed by atoms with Crippen LogP contribution in [0.2, 0.25) is 0 Å². The van der Waals surface area contributed by atoms with Crippen molar-refractivity contribution in [2.45, 2.75) is 44.3 Å². The van der Waals surface area contributed by atoms with Gasteiger partial charge >= 0.3 is 11.8 Å². The van der Waals surface area contributed by atoms with Gasteiger partial charge in [0.1, 0.15) is 11.6 Å². The molecule has 192 valence electrons. The molecule has 1 aromatic carbocycles. The van der Waals surface area contributed by atoms with E-state index in [9.17, 15) is 28.7 Å². The van der Waals surface area contributed by atoms with Crippen LogP contribution in [0.15, 0.2) is 29.1 Å². The van der Waals surface area contributed by atoms with Crippen molar-refractivity contribution in [3.8, 4) is 5.75 Å². The normalized spacial score (nSPS) is 20.2. The molecule has 11 nitrogen and oxygen atoms in total. The van der Waals surface area contributed by atoms with Crippen LogP contribution in [0.3, 0.4) is 0 Å². The van der Waals surface area contributed by atoms with Crippen LogP contribution in [0.25, 0.3) is 0 Å². The number of aromatic hydroxyl groups is 1. The fraction of sp³-hybridized carbons (Fsp3) is 0.458. The van der Waals surface area contributed by atoms with E-state index in [0.717, 1.165) is 4.90 Å². The minimum Gasteiger partial charge on any atom is -0.501 e. The molecule has 0 spiro atoms. The van der Waals surface area contributed by atoms with E-state index in [1.54, 1.807) is 0 Å². The molecular formula is C24H28FN5O6. The maximum Gasteiger partial charge on any atom is 0.311 e. The van der Waals surface area contributed by atoms with E-state index < -0.39 is 46.1 Å². The minimum atomic E-state index is -1.18. The van der Waals surface area contributed by atoms with Crippen LogP contribution in [0.1, 0.15) is 47.6 Å². The second kappa shape index (κ2) is 10.1. The molecule has 0 saturated heterocycles. The van der Waals surface area contributed by atoms with Gasteiger partial charge in [0, 0.05) is 26.7 Å². The zero-order chi connectivity index (χ0) is 26.0. The number of aliphatic hydroxyl groups excluding tert-OH is 1. The smallest absolute Gasteiger partial charge is 0.311 e. The van der Waals surface area contributed by atoms with Gasteiger partial charge < -0.3 is 25.7 Å². The summed E-state index contributed by atoms with van der Waals surface area (Å²) in [6.07, 6.45) is 2.09. The van der Waals surface area contributed by atoms with Crippen LogP contribution in [0.4, 0.5) is 4.39 Å². The number of hydrogen-bond acceptors (Lipinski definition) is 7. The molecule has 4 N–H and O–H groups in total. The first-order valence-corrected chi connectivity index (χ1v) is 11.7. The number of carbonyl (C=O) groups excluding carboxylic acids is 3. The van der Waals surface area contributed by atoms with E-state index in [1.807, 2.05) is 0 Å². The van der Waals surface area contributed by atoms with Crippen molar-refractivity contribution in [3.63, 3.8) is 0 Å². The molecule has 1 aliphatic carbocycles. The molecule has 1 fully saturated rings. The Bertz CT molecular complexity index is 1240. The lowest BCUT2D eigenvalue weighted by Gasteiger charge is -2.37. The standard InChI is InChI=1S/C24H28FN5O6/c1-29(10-11-31)22(36)20(34)28-24-8-6-15(7-9-24)13-30-21(35)18(32)17(27-23(24)30)19(33)26-12-14-2-4-16(25)5-3-14/h2-5,15,31-32H,6-13H2,1H3,(H,26,33)(H,28,34). The van der Waals surface area contributed by atoms with Crippen molar-refractivity contribution in [3.05, 3.63) is 57.5 Å². The molecule has 36 heavy (non-hydrogen) atoms. The fourth-order valence-electron chi connectivity index (χ4n) is 4.82. The van der Waals surface area contributed by atoms with Gasteiger partial charge in [-0.1, -0.05) is 12.1 Å². The molecule has 2 aliphatic heterocycles. The van der Waals surface area contributed by atoms with Gasteiger partial charge in [-0.05, 0) is 49.3 Å². The molecule has 3 heterocycles. The van der Waals surface area contributed by atoms with Crippen LogP contribution >= 0.6 is 0 Å². The summed E-state index contributed by atoms with van der Waals surface area (Å²) in [6.45, 7) is -0.0594. The Labute approximate surface area is 205 Å². The second-order valence-electron chi connectivity index (χ2n) is 9.29. The number of nitrogens with one attached hydrogen (secondary N) is 2. The summed E-state index contributed by atoms with van der Waals surface area (Å²) in [4.78, 5) is 56.8. The number of benzene rings is 1. The van der Waals surface area contributed by atoms with Crippen molar-refractivity contribution in [2.24, 2.45) is 5.92 Å². The summed E-state index contributed by atoms with van der Waals surface area (Å²) in [5.74, 6) is -3.58. The Hall–Kier alpha value is -3.80. The van der Waals surface area contributed by atoms with Gasteiger partial charge in [0.15, 0.2) is 5.69 Å². The fourth-order valence-corrected chi connectivity index (χ4v) is 4.82. The summed E-state index contributed by atoms with van der Waals surface area (Å²) >= 11 is 0. The number of hydrogen-bond donors (Lipinski definition) is 4. The first kappa shape index (κ1) is 25.3. The highest BCUT2D eigenvalue weighted by atomic mass is 19.1. The van der Waals surface area contributed by atoms with Gasteiger partial charge in [0.2, 0.25) is 5.75 Å². The maximum atomic E-state index is 13.1. The predicted octanol–water partition coefficient (Wildman–Crippen LogP) is -0.0160. The monoisotopic (exact) mass is 501 g/mol. The third-order valence-electron chi connectivity index (χ3n) is 6.88. The molecule has 0 unspecified atom stereocenters. The van der Waals surface area contributed by atoms with Crippen LogP contribution in [0.5, 0.6) is 5.75 Å². The largest absolute Gasteiger partial charge is 0.501 e. The summed E-state index contributed by atoms with van der Waals surface area (Å²) in [5.41, 5.74) is -1.87. The van der Waals surface area contributed by atoms with Gasteiger partial charge in [0.05, 0.1) is 12.1 Å². The SMILES string of the molecule is CN(CCO)C(=O)C(=O)NC12CCC(CC1)Cn1c2nc(C(=O)NCc2ccc(F)cc2)c(O)c1=O. The number of aliphatic hydroxyl groups is 1. The summed E-state index contributed by atoms with van der Waals surface area (Å²) in [7, 11) is 1.39. The molecule has 2 bridgehead atoms. The second-order valence-corrected chi connectivity index (χ2v) is 9.29. The molecular weight excluding hydrogens is 473 g/mol. The lowest BCUT2D eigenvalue weighted by atomic mass is 9.77. The highest BCUT2D eigenvalue weighted by Crippen LogP contribution is 2.42. The molecule has 2 aromatic rings. The number of rotatable bonds is 6. The molecule has 12 heteroatoms. The van der Waals surface area contributed by atoms with Crippen LogP contribution in [-0.4, -0.2) is 62.6 Å². The van der Waals surface area contributed by atoms with Crippen molar-refractivity contribution >= 4 is 17.7 Å². The van der Waals surface area contributed by atoms with Gasteiger partial charge in [0.25, 0.3) is 11.5 Å². The molecule has 3 amide bonds. The molecule has 0 atom stereocenters. The van der Waals surface area contributed by atoms with Crippen molar-refractivity contribution < 1.29 is 29.0 Å². The number of nitrogens with zero attached hydrogens (tertiary/aromatic N) is 3. The Kier molecular flexibility index (Phi) is 7.07. The molecule has 1 saturated carbocycles. The molecule has 0 radical (unpaired) electrons. The number of likely N-dealkylation sites (N-methyl/N-ethyl adjacent to an activating group) is 1. The van der Waals surface area contributed by atoms with E-state index in [4.69, 9.17) is 5.11 Å². The lowest BCUT2D eigenvalue weighted by Crippen LogP contribution is -2.54. The zero-order valence-corrected chi connectivity index (χ0v) is 19.8. The van der Waals surface area contributed by atoms with Gasteiger partial charge in [-0.3, -0.25) is 23.7 Å². The minimum absolute atomic E-state index is 0.00823. The predicted molar refractivity (Wildman–Crippen MR) is 124 cm³/mol. The highest BCUT2D eigenvalue weighted by molar-refractivity contribution is 6.35. The first-order valence-electron chi connectivity index (χ1n) is 11.7. The summed E-state index contributed by atoms with van der Waals surface area (Å²) in [5, 5.41) is 24.9. The first-order chi connectivity index (χ1) is 17.1.